The maximum Gasteiger partial charge on any atom is 1.00 e. The van der Waals surface area contributed by atoms with Crippen LogP contribution in [0.4, 0.5) is 0 Å². The second-order valence-electron chi connectivity index (χ2n) is 6.94. The molecular weight excluding hydrogens is 381 g/mol. The van der Waals surface area contributed by atoms with Crippen molar-refractivity contribution < 1.29 is 64.7 Å². The third-order valence-electron chi connectivity index (χ3n) is 5.27. The van der Waals surface area contributed by atoms with Crippen molar-refractivity contribution in [2.45, 2.75) is 64.4 Å². The van der Waals surface area contributed by atoms with Crippen molar-refractivity contribution in [3.8, 4) is 0 Å². The van der Waals surface area contributed by atoms with Crippen LogP contribution in [0.2, 0.25) is 0 Å². The Morgan fingerprint density at radius 3 is 2.32 bits per heavy atom. The first kappa shape index (κ1) is 27.4. The van der Waals surface area contributed by atoms with Gasteiger partial charge in [-0.2, -0.15) is 0 Å². The van der Waals surface area contributed by atoms with Crippen molar-refractivity contribution >= 4 is 17.8 Å². The van der Waals surface area contributed by atoms with Crippen LogP contribution < -0.4 is 45.3 Å². The maximum absolute atomic E-state index is 11.9. The van der Waals surface area contributed by atoms with Crippen LogP contribution in [0.5, 0.6) is 0 Å². The number of nitrogens with zero attached hydrogens (tertiary/aromatic N) is 1. The quantitative estimate of drug-likeness (QED) is 0.192. The van der Waals surface area contributed by atoms with Crippen LogP contribution in [0, 0.1) is 11.3 Å². The van der Waals surface area contributed by atoms with Gasteiger partial charge in [0, 0.05) is 6.54 Å². The van der Waals surface area contributed by atoms with Crippen LogP contribution in [0.1, 0.15) is 40.0 Å². The van der Waals surface area contributed by atoms with Gasteiger partial charge >= 0.3 is 29.6 Å². The molecule has 2 aliphatic rings. The van der Waals surface area contributed by atoms with Crippen molar-refractivity contribution in [2.24, 2.45) is 16.3 Å². The molecule has 0 aliphatic carbocycles. The van der Waals surface area contributed by atoms with Crippen LogP contribution in [0.3, 0.4) is 0 Å². The minimum atomic E-state index is -1.16. The molecule has 6 N–H and O–H groups in total. The number of nitrogens with one attached hydrogen (secondary N) is 2. The average molecular weight is 411 g/mol. The van der Waals surface area contributed by atoms with E-state index in [9.17, 15) is 19.8 Å². The standard InChI is InChI=1S/C11H18N2O3.C6H13NO4.Na/c1-4-6-7(3)11(5-2)8(14)12-10(16)13-9(11)15;8-2-3-5(10)6(11)4(9)1-7-3;/h7H,4-6H2,1-3H3,(H2,12,13,14,15,16);3-11H,1-2H2;/q;;+1/p-1/t;3-,4+,5-,6-;/m.1./s1. The van der Waals surface area contributed by atoms with Gasteiger partial charge < -0.3 is 36.2 Å². The van der Waals surface area contributed by atoms with E-state index in [0.717, 1.165) is 12.8 Å². The Kier molecular flexibility index (Phi) is 11.9. The predicted octanol–water partition coefficient (Wildman–Crippen LogP) is -5.77. The smallest absolute Gasteiger partial charge is 0.846 e. The molecule has 0 bridgehead atoms. The number of amides is 2. The summed E-state index contributed by atoms with van der Waals surface area (Å²) in [4.78, 5) is 27.1. The first-order valence-corrected chi connectivity index (χ1v) is 9.15. The van der Waals surface area contributed by atoms with Crippen molar-refractivity contribution in [3.05, 3.63) is 0 Å². The summed E-state index contributed by atoms with van der Waals surface area (Å²) in [6.07, 6.45) is -1.19. The molecule has 10 nitrogen and oxygen atoms in total. The Morgan fingerprint density at radius 1 is 1.25 bits per heavy atom. The second kappa shape index (κ2) is 12.2. The Balaban J connectivity index is 0.000000535. The number of aliphatic hydroxyl groups excluding tert-OH is 4. The molecule has 2 rings (SSSR count). The predicted molar refractivity (Wildman–Crippen MR) is 94.3 cm³/mol. The molecule has 1 fully saturated rings. The summed E-state index contributed by atoms with van der Waals surface area (Å²) in [5.74, 6) is -1.20. The Bertz CT molecular complexity index is 561. The molecule has 2 heterocycles. The van der Waals surface area contributed by atoms with Crippen LogP contribution in [0.25, 0.3) is 0 Å². The summed E-state index contributed by atoms with van der Waals surface area (Å²) in [7, 11) is 0. The van der Waals surface area contributed by atoms with Gasteiger partial charge in [0.05, 0.1) is 30.9 Å². The first-order valence-electron chi connectivity index (χ1n) is 9.15. The number of piperidine rings is 1. The van der Waals surface area contributed by atoms with E-state index in [4.69, 9.17) is 15.3 Å². The average Bonchev–Trinajstić information content (AvgIpc) is 2.61. The largest absolute Gasteiger partial charge is 1.00 e. The van der Waals surface area contributed by atoms with E-state index in [1.165, 1.54) is 0 Å². The van der Waals surface area contributed by atoms with Gasteiger partial charge in [-0.15, -0.1) is 0 Å². The minimum Gasteiger partial charge on any atom is -0.846 e. The van der Waals surface area contributed by atoms with Crippen LogP contribution in [0.15, 0.2) is 4.99 Å². The first-order chi connectivity index (χ1) is 12.6. The molecule has 2 amide bonds. The van der Waals surface area contributed by atoms with E-state index in [0.29, 0.717) is 6.42 Å². The molecule has 0 saturated carbocycles. The summed E-state index contributed by atoms with van der Waals surface area (Å²) in [6, 6.07) is -1.38. The molecule has 1 saturated heterocycles. The minimum absolute atomic E-state index is 0. The normalized spacial score (nSPS) is 33.6. The van der Waals surface area contributed by atoms with E-state index < -0.39 is 47.6 Å². The Morgan fingerprint density at radius 2 is 1.86 bits per heavy atom. The van der Waals surface area contributed by atoms with Crippen molar-refractivity contribution in [1.29, 1.82) is 0 Å². The van der Waals surface area contributed by atoms with Crippen molar-refractivity contribution in [3.63, 3.8) is 0 Å². The number of aliphatic hydroxyl groups is 4. The number of rotatable bonds is 5. The van der Waals surface area contributed by atoms with Gasteiger partial charge in [0.1, 0.15) is 11.5 Å². The Labute approximate surface area is 186 Å². The van der Waals surface area contributed by atoms with Crippen LogP contribution >= 0.6 is 0 Å². The number of amidine groups is 1. The molecule has 156 valence electrons. The van der Waals surface area contributed by atoms with Crippen LogP contribution in [-0.4, -0.2) is 75.8 Å². The van der Waals surface area contributed by atoms with Gasteiger partial charge in [-0.1, -0.05) is 27.2 Å². The molecule has 6 atom stereocenters. The second-order valence-corrected chi connectivity index (χ2v) is 6.94. The van der Waals surface area contributed by atoms with Gasteiger partial charge in [-0.25, -0.2) is 4.99 Å². The number of aliphatic imine (C=N–C) groups is 1. The van der Waals surface area contributed by atoms with Gasteiger partial charge in [0.25, 0.3) is 5.91 Å². The van der Waals surface area contributed by atoms with E-state index in [1.54, 1.807) is 6.92 Å². The van der Waals surface area contributed by atoms with Gasteiger partial charge in [-0.05, 0) is 18.8 Å². The van der Waals surface area contributed by atoms with E-state index in [1.807, 2.05) is 13.8 Å². The third-order valence-corrected chi connectivity index (χ3v) is 5.27. The summed E-state index contributed by atoms with van der Waals surface area (Å²) >= 11 is 0. The number of hydrogen-bond donors (Lipinski definition) is 6. The van der Waals surface area contributed by atoms with Gasteiger partial charge in [0.2, 0.25) is 5.91 Å². The topological polar surface area (TPSA) is 175 Å². The molecule has 0 aromatic rings. The zero-order chi connectivity index (χ0) is 20.8. The molecule has 2 unspecified atom stereocenters. The van der Waals surface area contributed by atoms with E-state index >= 15 is 0 Å². The molecule has 0 aromatic carbocycles. The molecule has 0 radical (unpaired) electrons. The number of carbonyl (C=O) groups is 2. The summed E-state index contributed by atoms with van der Waals surface area (Å²) in [6.45, 7) is 5.58. The van der Waals surface area contributed by atoms with E-state index in [2.05, 4.69) is 15.6 Å². The summed E-state index contributed by atoms with van der Waals surface area (Å²) in [5.41, 5.74) is -1.15. The molecule has 0 spiro atoms. The van der Waals surface area contributed by atoms with Gasteiger partial charge in [-0.3, -0.25) is 9.59 Å². The van der Waals surface area contributed by atoms with E-state index in [-0.39, 0.29) is 48.6 Å². The maximum atomic E-state index is 11.9. The monoisotopic (exact) mass is 411 g/mol. The summed E-state index contributed by atoms with van der Waals surface area (Å²) in [5, 5.41) is 51.7. The van der Waals surface area contributed by atoms with Crippen molar-refractivity contribution in [1.82, 2.24) is 10.6 Å². The SMILES string of the molecule is CCCC(C)C1(CC)C(=O)N=C([O-])NC1=O.OC[C@H]1NC[C@H](O)[C@@H](O)[C@@H]1O.[Na+]. The molecular formula is C17H30N3NaO7. The molecule has 0 aromatic heterocycles. The fourth-order valence-electron chi connectivity index (χ4n) is 3.45. The number of hydrogen-bond acceptors (Lipinski definition) is 8. The fraction of sp³-hybridized carbons (Fsp3) is 0.824. The zero-order valence-electron chi connectivity index (χ0n) is 16.9. The Hall–Kier alpha value is -0.590. The van der Waals surface area contributed by atoms with Gasteiger partial charge in [0.15, 0.2) is 0 Å². The fourth-order valence-corrected chi connectivity index (χ4v) is 3.45. The molecule has 2 aliphatic heterocycles. The van der Waals surface area contributed by atoms with Crippen LogP contribution in [-0.2, 0) is 9.59 Å². The third kappa shape index (κ3) is 5.96. The van der Waals surface area contributed by atoms with Crippen molar-refractivity contribution in [2.75, 3.05) is 13.2 Å². The number of β-amino-alcohol motifs (C(OH)–C–C–N with tert-alkyl or cyclic N) is 1. The summed E-state index contributed by atoms with van der Waals surface area (Å²) < 4.78 is 0. The number of carbonyl (C=O) groups excluding carboxylic acids is 2. The zero-order valence-corrected chi connectivity index (χ0v) is 18.9. The molecule has 28 heavy (non-hydrogen) atoms. The molecule has 11 heteroatoms.